The van der Waals surface area contributed by atoms with Crippen LogP contribution in [0.4, 0.5) is 0 Å². The SMILES string of the molecule is C=Cn1ccc2ccc(OCCCCN3CCc4cc(CCC)ccc4C3)nc21. The van der Waals surface area contributed by atoms with E-state index in [1.54, 1.807) is 11.8 Å². The van der Waals surface area contributed by atoms with Gasteiger partial charge in [-0.1, -0.05) is 38.1 Å². The van der Waals surface area contributed by atoms with Crippen LogP contribution in [0.5, 0.6) is 5.88 Å². The average Bonchev–Trinajstić information content (AvgIpc) is 3.16. The average molecular weight is 390 g/mol. The van der Waals surface area contributed by atoms with Crippen molar-refractivity contribution in [1.29, 1.82) is 0 Å². The summed E-state index contributed by atoms with van der Waals surface area (Å²) in [6, 6.07) is 13.1. The van der Waals surface area contributed by atoms with Crippen LogP contribution in [0, 0.1) is 0 Å². The summed E-state index contributed by atoms with van der Waals surface area (Å²) in [5, 5.41) is 1.10. The summed E-state index contributed by atoms with van der Waals surface area (Å²) < 4.78 is 7.81. The molecule has 0 radical (unpaired) electrons. The molecule has 152 valence electrons. The molecule has 0 fully saturated rings. The third kappa shape index (κ3) is 4.70. The first-order chi connectivity index (χ1) is 14.3. The minimum atomic E-state index is 0.689. The minimum absolute atomic E-state index is 0.689. The van der Waals surface area contributed by atoms with Gasteiger partial charge in [0.15, 0.2) is 0 Å². The Bertz CT molecular complexity index is 975. The Balaban J connectivity index is 1.22. The molecule has 4 rings (SSSR count). The van der Waals surface area contributed by atoms with Crippen LogP contribution in [0.15, 0.2) is 49.2 Å². The minimum Gasteiger partial charge on any atom is -0.478 e. The lowest BCUT2D eigenvalue weighted by Crippen LogP contribution is -2.31. The molecule has 1 aliphatic heterocycles. The van der Waals surface area contributed by atoms with E-state index in [2.05, 4.69) is 47.7 Å². The highest BCUT2D eigenvalue weighted by Gasteiger charge is 2.16. The van der Waals surface area contributed by atoms with E-state index in [1.807, 2.05) is 22.9 Å². The maximum Gasteiger partial charge on any atom is 0.215 e. The lowest BCUT2D eigenvalue weighted by atomic mass is 9.96. The number of nitrogens with zero attached hydrogens (tertiary/aromatic N) is 3. The Morgan fingerprint density at radius 1 is 1.14 bits per heavy atom. The second-order valence-electron chi connectivity index (χ2n) is 7.90. The zero-order valence-corrected chi connectivity index (χ0v) is 17.4. The van der Waals surface area contributed by atoms with Crippen LogP contribution in [-0.4, -0.2) is 34.1 Å². The molecule has 0 aliphatic carbocycles. The first kappa shape index (κ1) is 19.7. The van der Waals surface area contributed by atoms with Gasteiger partial charge in [-0.05, 0) is 61.1 Å². The second kappa shape index (κ2) is 9.27. The van der Waals surface area contributed by atoms with Crippen molar-refractivity contribution >= 4 is 17.2 Å². The summed E-state index contributed by atoms with van der Waals surface area (Å²) in [6.45, 7) is 10.2. The summed E-state index contributed by atoms with van der Waals surface area (Å²) in [5.74, 6) is 0.689. The van der Waals surface area contributed by atoms with Crippen molar-refractivity contribution in [3.05, 3.63) is 65.9 Å². The Hall–Kier alpha value is -2.59. The highest BCUT2D eigenvalue weighted by Crippen LogP contribution is 2.22. The summed E-state index contributed by atoms with van der Waals surface area (Å²) in [5.41, 5.74) is 5.45. The predicted molar refractivity (Wildman–Crippen MR) is 120 cm³/mol. The number of ether oxygens (including phenoxy) is 1. The van der Waals surface area contributed by atoms with E-state index >= 15 is 0 Å². The van der Waals surface area contributed by atoms with E-state index in [-0.39, 0.29) is 0 Å². The molecule has 0 atom stereocenters. The number of hydrogen-bond donors (Lipinski definition) is 0. The van der Waals surface area contributed by atoms with Gasteiger partial charge in [-0.3, -0.25) is 4.90 Å². The maximum atomic E-state index is 5.89. The molecule has 4 heteroatoms. The highest BCUT2D eigenvalue weighted by atomic mass is 16.5. The van der Waals surface area contributed by atoms with Crippen molar-refractivity contribution in [2.24, 2.45) is 0 Å². The zero-order valence-electron chi connectivity index (χ0n) is 17.4. The van der Waals surface area contributed by atoms with Crippen molar-refractivity contribution in [3.63, 3.8) is 0 Å². The van der Waals surface area contributed by atoms with Crippen molar-refractivity contribution in [2.45, 2.75) is 45.6 Å². The quantitative estimate of drug-likeness (QED) is 0.465. The largest absolute Gasteiger partial charge is 0.478 e. The van der Waals surface area contributed by atoms with Crippen LogP contribution >= 0.6 is 0 Å². The predicted octanol–water partition coefficient (Wildman–Crippen LogP) is 5.31. The van der Waals surface area contributed by atoms with Gasteiger partial charge in [0.05, 0.1) is 6.61 Å². The molecule has 0 amide bonds. The van der Waals surface area contributed by atoms with Crippen LogP contribution in [-0.2, 0) is 19.4 Å². The monoisotopic (exact) mass is 389 g/mol. The van der Waals surface area contributed by atoms with Gasteiger partial charge in [-0.2, -0.15) is 4.98 Å². The number of pyridine rings is 1. The van der Waals surface area contributed by atoms with Crippen LogP contribution in [0.25, 0.3) is 17.2 Å². The van der Waals surface area contributed by atoms with E-state index in [0.717, 1.165) is 37.0 Å². The number of benzene rings is 1. The summed E-state index contributed by atoms with van der Waals surface area (Å²) >= 11 is 0. The molecular formula is C25H31N3O. The van der Waals surface area contributed by atoms with Crippen molar-refractivity contribution in [1.82, 2.24) is 14.5 Å². The van der Waals surface area contributed by atoms with Gasteiger partial charge in [0.25, 0.3) is 0 Å². The third-order valence-electron chi connectivity index (χ3n) is 5.76. The molecule has 0 saturated heterocycles. The zero-order chi connectivity index (χ0) is 20.1. The van der Waals surface area contributed by atoms with E-state index < -0.39 is 0 Å². The highest BCUT2D eigenvalue weighted by molar-refractivity contribution is 5.78. The first-order valence-electron chi connectivity index (χ1n) is 10.8. The van der Waals surface area contributed by atoms with Crippen LogP contribution in [0.3, 0.4) is 0 Å². The molecule has 1 aromatic carbocycles. The van der Waals surface area contributed by atoms with E-state index in [0.29, 0.717) is 12.5 Å². The molecule has 4 nitrogen and oxygen atoms in total. The van der Waals surface area contributed by atoms with Gasteiger partial charge in [0.2, 0.25) is 5.88 Å². The van der Waals surface area contributed by atoms with Crippen LogP contribution in [0.2, 0.25) is 0 Å². The normalized spacial score (nSPS) is 14.1. The topological polar surface area (TPSA) is 30.3 Å². The smallest absolute Gasteiger partial charge is 0.215 e. The second-order valence-corrected chi connectivity index (χ2v) is 7.90. The molecule has 0 N–H and O–H groups in total. The standard InChI is InChI=1S/C25H31N3O/c1-3-7-20-8-9-23-19-27(15-12-22(23)18-20)14-5-6-17-29-24-11-10-21-13-16-28(4-2)25(21)26-24/h4,8-11,13,16,18H,2-3,5-7,12,14-15,17,19H2,1H3. The number of aryl methyl sites for hydroxylation is 1. The molecule has 3 aromatic rings. The van der Waals surface area contributed by atoms with Crippen LogP contribution < -0.4 is 4.74 Å². The van der Waals surface area contributed by atoms with Gasteiger partial charge in [0, 0.05) is 36.9 Å². The summed E-state index contributed by atoms with van der Waals surface area (Å²) in [4.78, 5) is 7.17. The fourth-order valence-corrected chi connectivity index (χ4v) is 4.15. The fourth-order valence-electron chi connectivity index (χ4n) is 4.15. The summed E-state index contributed by atoms with van der Waals surface area (Å²) in [6.07, 6.45) is 9.51. The van der Waals surface area contributed by atoms with Crippen LogP contribution in [0.1, 0.15) is 42.9 Å². The first-order valence-corrected chi connectivity index (χ1v) is 10.8. The van der Waals surface area contributed by atoms with E-state index in [1.165, 1.54) is 36.9 Å². The molecular weight excluding hydrogens is 358 g/mol. The Kier molecular flexibility index (Phi) is 6.30. The van der Waals surface area contributed by atoms with Gasteiger partial charge in [0.1, 0.15) is 5.65 Å². The lowest BCUT2D eigenvalue weighted by molar-refractivity contribution is 0.233. The number of fused-ring (bicyclic) bond motifs is 2. The summed E-state index contributed by atoms with van der Waals surface area (Å²) in [7, 11) is 0. The molecule has 0 bridgehead atoms. The molecule has 2 aromatic heterocycles. The number of aromatic nitrogens is 2. The molecule has 0 spiro atoms. The van der Waals surface area contributed by atoms with Gasteiger partial charge < -0.3 is 9.30 Å². The Morgan fingerprint density at radius 3 is 2.93 bits per heavy atom. The van der Waals surface area contributed by atoms with Gasteiger partial charge in [-0.15, -0.1) is 0 Å². The Labute approximate surface area is 173 Å². The van der Waals surface area contributed by atoms with Crippen molar-refractivity contribution in [2.75, 3.05) is 19.7 Å². The van der Waals surface area contributed by atoms with E-state index in [4.69, 9.17) is 4.74 Å². The third-order valence-corrected chi connectivity index (χ3v) is 5.76. The van der Waals surface area contributed by atoms with Crippen molar-refractivity contribution < 1.29 is 4.74 Å². The number of unbranched alkanes of at least 4 members (excludes halogenated alkanes) is 1. The van der Waals surface area contributed by atoms with Crippen molar-refractivity contribution in [3.8, 4) is 5.88 Å². The Morgan fingerprint density at radius 2 is 2.07 bits per heavy atom. The van der Waals surface area contributed by atoms with E-state index in [9.17, 15) is 0 Å². The van der Waals surface area contributed by atoms with Gasteiger partial charge >= 0.3 is 0 Å². The lowest BCUT2D eigenvalue weighted by Gasteiger charge is -2.29. The molecule has 3 heterocycles. The number of hydrogen-bond acceptors (Lipinski definition) is 3. The maximum absolute atomic E-state index is 5.89. The fraction of sp³-hybridized carbons (Fsp3) is 0.400. The van der Waals surface area contributed by atoms with Gasteiger partial charge in [-0.25, -0.2) is 0 Å². The molecule has 29 heavy (non-hydrogen) atoms. The molecule has 0 saturated carbocycles. The molecule has 1 aliphatic rings. The number of rotatable bonds is 9. The molecule has 0 unspecified atom stereocenters.